The highest BCUT2D eigenvalue weighted by Gasteiger charge is 2.26. The second-order valence-corrected chi connectivity index (χ2v) is 11.3. The molecule has 1 fully saturated rings. The monoisotopic (exact) mass is 409 g/mol. The molecule has 0 saturated carbocycles. The predicted molar refractivity (Wildman–Crippen MR) is 116 cm³/mol. The average Bonchev–Trinajstić information content (AvgIpc) is 3.08. The molecular formula is C19H27N3OS3. The van der Waals surface area contributed by atoms with Crippen molar-refractivity contribution in [3.8, 4) is 0 Å². The average molecular weight is 410 g/mol. The zero-order valence-electron chi connectivity index (χ0n) is 15.8. The van der Waals surface area contributed by atoms with Crippen LogP contribution in [0.15, 0.2) is 44.8 Å². The van der Waals surface area contributed by atoms with Crippen LogP contribution in [-0.2, 0) is 11.0 Å². The van der Waals surface area contributed by atoms with Crippen molar-refractivity contribution in [2.24, 2.45) is 5.41 Å². The summed E-state index contributed by atoms with van der Waals surface area (Å²) in [5, 5.41) is 2.06. The molecule has 1 saturated heterocycles. The molecule has 1 aromatic heterocycles. The number of nitrogens with zero attached hydrogens (tertiary/aromatic N) is 2. The van der Waals surface area contributed by atoms with Crippen LogP contribution in [0.3, 0.4) is 0 Å². The molecule has 1 unspecified atom stereocenters. The fraction of sp³-hybridized carbons (Fsp3) is 0.474. The Morgan fingerprint density at radius 3 is 2.62 bits per heavy atom. The summed E-state index contributed by atoms with van der Waals surface area (Å²) in [6.45, 7) is 6.91. The third-order valence-electron chi connectivity index (χ3n) is 4.70. The highest BCUT2D eigenvalue weighted by Crippen LogP contribution is 2.37. The second-order valence-electron chi connectivity index (χ2n) is 7.54. The van der Waals surface area contributed by atoms with Gasteiger partial charge in [-0.1, -0.05) is 26.0 Å². The Morgan fingerprint density at radius 2 is 1.92 bits per heavy atom. The lowest BCUT2D eigenvalue weighted by Gasteiger charge is -2.38. The largest absolute Gasteiger partial charge is 0.370 e. The Labute approximate surface area is 167 Å². The molecule has 4 nitrogen and oxygen atoms in total. The van der Waals surface area contributed by atoms with E-state index < -0.39 is 11.0 Å². The van der Waals surface area contributed by atoms with E-state index >= 15 is 0 Å². The van der Waals surface area contributed by atoms with Crippen LogP contribution in [0.4, 0.5) is 11.4 Å². The molecule has 0 spiro atoms. The number of para-hydroxylation sites is 2. The molecule has 1 aliphatic rings. The smallest absolute Gasteiger partial charge is 0.137 e. The van der Waals surface area contributed by atoms with Crippen molar-refractivity contribution in [1.29, 1.82) is 0 Å². The number of anilines is 2. The molecule has 0 aliphatic carbocycles. The van der Waals surface area contributed by atoms with Gasteiger partial charge >= 0.3 is 0 Å². The normalized spacial score (nSPS) is 18.1. The SMILES string of the molecule is CN(C)S(=O)c1cc(SNc2ccccc2N2CCC(C)(C)CC2)cs1. The number of benzene rings is 1. The first kappa shape index (κ1) is 19.7. The van der Waals surface area contributed by atoms with Crippen molar-refractivity contribution < 1.29 is 4.21 Å². The number of piperidine rings is 1. The van der Waals surface area contributed by atoms with E-state index in [1.807, 2.05) is 20.2 Å². The quantitative estimate of drug-likeness (QED) is 0.675. The minimum Gasteiger partial charge on any atom is -0.370 e. The van der Waals surface area contributed by atoms with Crippen LogP contribution in [0, 0.1) is 5.41 Å². The number of hydrogen-bond donors (Lipinski definition) is 1. The first-order valence-electron chi connectivity index (χ1n) is 8.80. The van der Waals surface area contributed by atoms with E-state index in [1.165, 1.54) is 18.5 Å². The summed E-state index contributed by atoms with van der Waals surface area (Å²) in [5.74, 6) is 0. The van der Waals surface area contributed by atoms with Gasteiger partial charge in [-0.15, -0.1) is 11.3 Å². The maximum absolute atomic E-state index is 12.2. The number of rotatable bonds is 6. The summed E-state index contributed by atoms with van der Waals surface area (Å²) < 4.78 is 18.3. The Balaban J connectivity index is 1.67. The fourth-order valence-corrected chi connectivity index (χ4v) is 5.99. The first-order chi connectivity index (χ1) is 12.4. The molecule has 1 aliphatic heterocycles. The van der Waals surface area contributed by atoms with Crippen LogP contribution in [0.1, 0.15) is 26.7 Å². The molecule has 26 heavy (non-hydrogen) atoms. The van der Waals surface area contributed by atoms with Gasteiger partial charge in [0.2, 0.25) is 0 Å². The van der Waals surface area contributed by atoms with Gasteiger partial charge in [-0.3, -0.25) is 0 Å². The van der Waals surface area contributed by atoms with Crippen molar-refractivity contribution >= 4 is 45.6 Å². The number of hydrogen-bond acceptors (Lipinski definition) is 5. The maximum atomic E-state index is 12.2. The molecule has 2 aromatic rings. The lowest BCUT2D eigenvalue weighted by atomic mass is 9.82. The van der Waals surface area contributed by atoms with E-state index in [9.17, 15) is 4.21 Å². The molecule has 3 rings (SSSR count). The molecule has 0 amide bonds. The molecule has 1 aromatic carbocycles. The summed E-state index contributed by atoms with van der Waals surface area (Å²) in [6, 6.07) is 10.5. The standard InChI is InChI=1S/C19H27N3OS3/c1-19(2)9-11-22(12-10-19)17-8-6-5-7-16(17)20-25-15-13-18(24-14-15)26(23)21(3)4/h5-8,13-14,20H,9-12H2,1-4H3. The van der Waals surface area contributed by atoms with Crippen LogP contribution in [0.25, 0.3) is 0 Å². The van der Waals surface area contributed by atoms with Crippen molar-refractivity contribution in [3.63, 3.8) is 0 Å². The molecule has 1 N–H and O–H groups in total. The molecule has 0 bridgehead atoms. The van der Waals surface area contributed by atoms with Gasteiger partial charge in [-0.05, 0) is 62.5 Å². The third-order valence-corrected chi connectivity index (χ3v) is 8.20. The van der Waals surface area contributed by atoms with Crippen LogP contribution >= 0.6 is 23.3 Å². The minimum absolute atomic E-state index is 0.447. The maximum Gasteiger partial charge on any atom is 0.137 e. The Morgan fingerprint density at radius 1 is 1.23 bits per heavy atom. The van der Waals surface area contributed by atoms with E-state index in [-0.39, 0.29) is 0 Å². The van der Waals surface area contributed by atoms with Crippen LogP contribution < -0.4 is 9.62 Å². The Bertz CT molecular complexity index is 763. The van der Waals surface area contributed by atoms with Crippen molar-refractivity contribution in [2.45, 2.75) is 35.8 Å². The summed E-state index contributed by atoms with van der Waals surface area (Å²) in [4.78, 5) is 3.57. The lowest BCUT2D eigenvalue weighted by molar-refractivity contribution is 0.280. The number of thiophene rings is 1. The molecule has 0 radical (unpaired) electrons. The van der Waals surface area contributed by atoms with Gasteiger partial charge in [0.15, 0.2) is 0 Å². The number of nitrogens with one attached hydrogen (secondary N) is 1. The molecule has 7 heteroatoms. The van der Waals surface area contributed by atoms with Gasteiger partial charge in [0.25, 0.3) is 0 Å². The van der Waals surface area contributed by atoms with E-state index in [2.05, 4.69) is 53.1 Å². The van der Waals surface area contributed by atoms with Crippen LogP contribution in [0.5, 0.6) is 0 Å². The summed E-state index contributed by atoms with van der Waals surface area (Å²) in [5.41, 5.74) is 2.85. The van der Waals surface area contributed by atoms with Gasteiger partial charge < -0.3 is 9.62 Å². The van der Waals surface area contributed by atoms with Crippen molar-refractivity contribution in [3.05, 3.63) is 35.7 Å². The van der Waals surface area contributed by atoms with Crippen molar-refractivity contribution in [1.82, 2.24) is 4.31 Å². The minimum atomic E-state index is -1.08. The Kier molecular flexibility index (Phi) is 6.33. The Hall–Kier alpha value is -1.02. The van der Waals surface area contributed by atoms with Crippen LogP contribution in [0.2, 0.25) is 0 Å². The highest BCUT2D eigenvalue weighted by atomic mass is 32.2. The van der Waals surface area contributed by atoms with E-state index in [4.69, 9.17) is 0 Å². The van der Waals surface area contributed by atoms with Crippen LogP contribution in [-0.4, -0.2) is 35.7 Å². The third kappa shape index (κ3) is 4.82. The summed E-state index contributed by atoms with van der Waals surface area (Å²) in [7, 11) is 2.59. The second kappa shape index (κ2) is 8.33. The first-order valence-corrected chi connectivity index (χ1v) is 11.6. The van der Waals surface area contributed by atoms with Gasteiger partial charge in [0, 0.05) is 23.4 Å². The summed E-state index contributed by atoms with van der Waals surface area (Å²) >= 11 is 3.12. The zero-order chi connectivity index (χ0) is 18.7. The molecular weight excluding hydrogens is 382 g/mol. The van der Waals surface area contributed by atoms with Gasteiger partial charge in [0.05, 0.1) is 11.4 Å². The molecule has 142 valence electrons. The van der Waals surface area contributed by atoms with Gasteiger partial charge in [0.1, 0.15) is 15.2 Å². The lowest BCUT2D eigenvalue weighted by Crippen LogP contribution is -2.37. The molecule has 2 heterocycles. The highest BCUT2D eigenvalue weighted by molar-refractivity contribution is 8.00. The fourth-order valence-electron chi connectivity index (χ4n) is 2.93. The van der Waals surface area contributed by atoms with E-state index in [1.54, 1.807) is 27.6 Å². The van der Waals surface area contributed by atoms with E-state index in [0.717, 1.165) is 27.9 Å². The van der Waals surface area contributed by atoms with Crippen molar-refractivity contribution in [2.75, 3.05) is 36.8 Å². The molecule has 1 atom stereocenters. The predicted octanol–water partition coefficient (Wildman–Crippen LogP) is 5.08. The topological polar surface area (TPSA) is 35.6 Å². The van der Waals surface area contributed by atoms with Gasteiger partial charge in [-0.25, -0.2) is 8.51 Å². The summed E-state index contributed by atoms with van der Waals surface area (Å²) in [6.07, 6.45) is 2.44. The van der Waals surface area contributed by atoms with E-state index in [0.29, 0.717) is 5.41 Å². The zero-order valence-corrected chi connectivity index (χ0v) is 18.3. The van der Waals surface area contributed by atoms with Gasteiger partial charge in [-0.2, -0.15) is 0 Å².